The van der Waals surface area contributed by atoms with Crippen molar-refractivity contribution >= 4 is 5.52 Å². The summed E-state index contributed by atoms with van der Waals surface area (Å²) in [5.74, 6) is 1.22. The molecule has 1 saturated heterocycles. The van der Waals surface area contributed by atoms with Crippen LogP contribution in [0.15, 0.2) is 59.8 Å². The molecule has 0 spiro atoms. The molecule has 7 nitrogen and oxygen atoms in total. The van der Waals surface area contributed by atoms with E-state index in [0.717, 1.165) is 41.6 Å². The highest BCUT2D eigenvalue weighted by Crippen LogP contribution is 2.30. The second kappa shape index (κ2) is 8.00. The van der Waals surface area contributed by atoms with E-state index in [9.17, 15) is 4.79 Å². The molecule has 0 saturated carbocycles. The van der Waals surface area contributed by atoms with Gasteiger partial charge in [-0.05, 0) is 62.9 Å². The molecule has 0 radical (unpaired) electrons. The Morgan fingerprint density at radius 2 is 1.94 bits per heavy atom. The van der Waals surface area contributed by atoms with Gasteiger partial charge in [0.05, 0.1) is 5.69 Å². The summed E-state index contributed by atoms with van der Waals surface area (Å²) >= 11 is 0. The Morgan fingerprint density at radius 3 is 2.71 bits per heavy atom. The molecule has 0 bridgehead atoms. The zero-order chi connectivity index (χ0) is 21.4. The van der Waals surface area contributed by atoms with E-state index in [2.05, 4.69) is 10.1 Å². The lowest BCUT2D eigenvalue weighted by molar-refractivity contribution is -0.0428. The van der Waals surface area contributed by atoms with Crippen LogP contribution in [0.1, 0.15) is 36.7 Å². The van der Waals surface area contributed by atoms with Gasteiger partial charge in [-0.3, -0.25) is 4.79 Å². The summed E-state index contributed by atoms with van der Waals surface area (Å²) in [5.41, 5.74) is 4.07. The number of benzene rings is 1. The Bertz CT molecular complexity index is 1280. The normalized spacial score (nSPS) is 16.5. The molecule has 7 heteroatoms. The summed E-state index contributed by atoms with van der Waals surface area (Å²) in [4.78, 5) is 17.3. The van der Waals surface area contributed by atoms with Crippen LogP contribution in [0, 0.1) is 13.8 Å². The first-order chi connectivity index (χ1) is 15.1. The first-order valence-corrected chi connectivity index (χ1v) is 10.5. The maximum atomic E-state index is 13.0. The molecular weight excluding hydrogens is 392 g/mol. The van der Waals surface area contributed by atoms with E-state index in [1.165, 1.54) is 4.68 Å². The molecule has 1 atom stereocenters. The van der Waals surface area contributed by atoms with Gasteiger partial charge < -0.3 is 13.9 Å². The largest absolute Gasteiger partial charge is 0.437 e. The van der Waals surface area contributed by atoms with Crippen molar-refractivity contribution in [2.75, 3.05) is 6.61 Å². The predicted octanol–water partition coefficient (Wildman–Crippen LogP) is 4.67. The SMILES string of the molecule is Cc1nn(C2CCCCO2)c(=O)c(C)c1-c1ccc(Oc2nccn3cccc23)cc1. The predicted molar refractivity (Wildman–Crippen MR) is 118 cm³/mol. The van der Waals surface area contributed by atoms with Crippen molar-refractivity contribution in [3.63, 3.8) is 0 Å². The molecule has 3 aromatic heterocycles. The van der Waals surface area contributed by atoms with Crippen LogP contribution in [-0.2, 0) is 4.74 Å². The van der Waals surface area contributed by atoms with Gasteiger partial charge in [0, 0.05) is 36.3 Å². The molecule has 1 aromatic carbocycles. The molecule has 1 fully saturated rings. The standard InChI is InChI=1S/C24H24N4O3/c1-16-22(17(2)26-28(24(16)29)21-7-3-4-15-30-21)18-8-10-19(11-9-18)31-23-20-6-5-13-27(20)14-12-25-23/h5-6,8-14,21H,3-4,7,15H2,1-2H3. The zero-order valence-electron chi connectivity index (χ0n) is 17.6. The Morgan fingerprint density at radius 1 is 1.10 bits per heavy atom. The lowest BCUT2D eigenvalue weighted by atomic mass is 10.0. The second-order valence-corrected chi connectivity index (χ2v) is 7.82. The minimum Gasteiger partial charge on any atom is -0.437 e. The first kappa shape index (κ1) is 19.5. The third kappa shape index (κ3) is 3.61. The lowest BCUT2D eigenvalue weighted by Crippen LogP contribution is -2.33. The van der Waals surface area contributed by atoms with Gasteiger partial charge in [0.2, 0.25) is 5.88 Å². The van der Waals surface area contributed by atoms with E-state index in [1.54, 1.807) is 6.20 Å². The number of aromatic nitrogens is 4. The number of aryl methyl sites for hydroxylation is 1. The minimum absolute atomic E-state index is 0.100. The summed E-state index contributed by atoms with van der Waals surface area (Å²) in [6, 6.07) is 11.6. The average Bonchev–Trinajstić information content (AvgIpc) is 3.28. The fraction of sp³-hybridized carbons (Fsp3) is 0.292. The Labute approximate surface area is 179 Å². The van der Waals surface area contributed by atoms with Gasteiger partial charge in [0.25, 0.3) is 5.56 Å². The van der Waals surface area contributed by atoms with Crippen molar-refractivity contribution in [2.45, 2.75) is 39.3 Å². The molecule has 158 valence electrons. The number of hydrogen-bond donors (Lipinski definition) is 0. The number of nitrogens with zero attached hydrogens (tertiary/aromatic N) is 4. The molecule has 1 aliphatic heterocycles. The first-order valence-electron chi connectivity index (χ1n) is 10.5. The summed E-state index contributed by atoms with van der Waals surface area (Å²) in [6.07, 6.45) is 8.17. The van der Waals surface area contributed by atoms with Gasteiger partial charge in [0.15, 0.2) is 6.23 Å². The van der Waals surface area contributed by atoms with E-state index in [1.807, 2.05) is 67.0 Å². The quantitative estimate of drug-likeness (QED) is 0.484. The zero-order valence-corrected chi connectivity index (χ0v) is 17.6. The fourth-order valence-corrected chi connectivity index (χ4v) is 4.17. The van der Waals surface area contributed by atoms with Crippen LogP contribution in [0.25, 0.3) is 16.6 Å². The van der Waals surface area contributed by atoms with Crippen molar-refractivity contribution in [1.82, 2.24) is 19.2 Å². The fourth-order valence-electron chi connectivity index (χ4n) is 4.17. The second-order valence-electron chi connectivity index (χ2n) is 7.82. The number of hydrogen-bond acceptors (Lipinski definition) is 5. The van der Waals surface area contributed by atoms with Crippen LogP contribution in [-0.4, -0.2) is 25.8 Å². The van der Waals surface area contributed by atoms with Gasteiger partial charge in [-0.15, -0.1) is 0 Å². The molecule has 0 N–H and O–H groups in total. The Kier molecular flexibility index (Phi) is 5.03. The van der Waals surface area contributed by atoms with E-state index < -0.39 is 0 Å². The van der Waals surface area contributed by atoms with E-state index in [4.69, 9.17) is 9.47 Å². The highest BCUT2D eigenvalue weighted by molar-refractivity contribution is 5.69. The van der Waals surface area contributed by atoms with Crippen molar-refractivity contribution in [3.8, 4) is 22.8 Å². The number of fused-ring (bicyclic) bond motifs is 1. The smallest absolute Gasteiger partial charge is 0.272 e. The molecule has 4 heterocycles. The summed E-state index contributed by atoms with van der Waals surface area (Å²) in [6.45, 7) is 4.46. The van der Waals surface area contributed by atoms with Crippen molar-refractivity contribution in [3.05, 3.63) is 76.6 Å². The summed E-state index contributed by atoms with van der Waals surface area (Å²) in [7, 11) is 0. The van der Waals surface area contributed by atoms with Gasteiger partial charge in [0.1, 0.15) is 11.3 Å². The van der Waals surface area contributed by atoms with Gasteiger partial charge in [-0.1, -0.05) is 12.1 Å². The van der Waals surface area contributed by atoms with Gasteiger partial charge >= 0.3 is 0 Å². The molecular formula is C24H24N4O3. The summed E-state index contributed by atoms with van der Waals surface area (Å²) < 4.78 is 15.2. The third-order valence-corrected chi connectivity index (χ3v) is 5.73. The molecule has 31 heavy (non-hydrogen) atoms. The third-order valence-electron chi connectivity index (χ3n) is 5.73. The van der Waals surface area contributed by atoms with Crippen molar-refractivity contribution in [2.24, 2.45) is 0 Å². The van der Waals surface area contributed by atoms with Crippen LogP contribution in [0.3, 0.4) is 0 Å². The van der Waals surface area contributed by atoms with Crippen LogP contribution in [0.2, 0.25) is 0 Å². The van der Waals surface area contributed by atoms with E-state index >= 15 is 0 Å². The van der Waals surface area contributed by atoms with E-state index in [-0.39, 0.29) is 11.8 Å². The highest BCUT2D eigenvalue weighted by atomic mass is 16.5. The molecule has 0 aliphatic carbocycles. The monoisotopic (exact) mass is 416 g/mol. The molecule has 1 unspecified atom stereocenters. The van der Waals surface area contributed by atoms with Crippen LogP contribution in [0.5, 0.6) is 11.6 Å². The van der Waals surface area contributed by atoms with Crippen molar-refractivity contribution in [1.29, 1.82) is 0 Å². The molecule has 0 amide bonds. The lowest BCUT2D eigenvalue weighted by Gasteiger charge is -2.24. The Hall–Kier alpha value is -3.45. The number of rotatable bonds is 4. The molecule has 4 aromatic rings. The topological polar surface area (TPSA) is 70.7 Å². The molecule has 5 rings (SSSR count). The van der Waals surface area contributed by atoms with Crippen LogP contribution in [0.4, 0.5) is 0 Å². The highest BCUT2D eigenvalue weighted by Gasteiger charge is 2.21. The maximum Gasteiger partial charge on any atom is 0.272 e. The van der Waals surface area contributed by atoms with E-state index in [0.29, 0.717) is 23.8 Å². The summed E-state index contributed by atoms with van der Waals surface area (Å²) in [5, 5.41) is 4.59. The van der Waals surface area contributed by atoms with Crippen molar-refractivity contribution < 1.29 is 9.47 Å². The number of ether oxygens (including phenoxy) is 2. The Balaban J connectivity index is 1.45. The van der Waals surface area contributed by atoms with Gasteiger partial charge in [-0.25, -0.2) is 9.67 Å². The van der Waals surface area contributed by atoms with Gasteiger partial charge in [-0.2, -0.15) is 5.10 Å². The minimum atomic E-state index is -0.271. The maximum absolute atomic E-state index is 13.0. The van der Waals surface area contributed by atoms with Crippen LogP contribution >= 0.6 is 0 Å². The molecule has 1 aliphatic rings. The average molecular weight is 416 g/mol. The van der Waals surface area contributed by atoms with Crippen LogP contribution < -0.4 is 10.3 Å².